The van der Waals surface area contributed by atoms with Crippen LogP contribution in [-0.4, -0.2) is 36.3 Å². The monoisotopic (exact) mass is 383 g/mol. The Balaban J connectivity index is 2.33. The van der Waals surface area contributed by atoms with Crippen molar-refractivity contribution in [3.63, 3.8) is 0 Å². The molecule has 2 rings (SSSR count). The number of nitrogens with zero attached hydrogens (tertiary/aromatic N) is 1. The zero-order chi connectivity index (χ0) is 20.7. The van der Waals surface area contributed by atoms with Crippen LogP contribution < -0.4 is 0 Å². The van der Waals surface area contributed by atoms with Crippen molar-refractivity contribution in [2.75, 3.05) is 14.1 Å². The van der Waals surface area contributed by atoms with E-state index >= 15 is 0 Å². The lowest BCUT2D eigenvalue weighted by molar-refractivity contribution is -0.377. The van der Waals surface area contributed by atoms with Crippen LogP contribution in [-0.2, 0) is 14.6 Å². The van der Waals surface area contributed by atoms with E-state index in [0.29, 0.717) is 5.56 Å². The van der Waals surface area contributed by atoms with Gasteiger partial charge in [0.1, 0.15) is 12.0 Å². The number of hydrogen-bond donors (Lipinski definition) is 0. The van der Waals surface area contributed by atoms with Gasteiger partial charge in [-0.1, -0.05) is 60.7 Å². The van der Waals surface area contributed by atoms with Crippen molar-refractivity contribution in [2.45, 2.75) is 38.9 Å². The second-order valence-corrected chi connectivity index (χ2v) is 7.94. The molecule has 0 saturated heterocycles. The third-order valence-electron chi connectivity index (χ3n) is 4.15. The van der Waals surface area contributed by atoms with E-state index in [9.17, 15) is 9.59 Å². The van der Waals surface area contributed by atoms with Gasteiger partial charge in [-0.15, -0.1) is 0 Å². The summed E-state index contributed by atoms with van der Waals surface area (Å²) in [5.74, 6) is -1.35. The minimum Gasteiger partial charge on any atom is -0.348 e. The molecule has 0 aliphatic rings. The SMILES string of the molecule is CN(C)C(=O)C(CC(OOC(C)(C)C)c1ccccc1)C(=O)c1ccccc1. The molecule has 28 heavy (non-hydrogen) atoms. The van der Waals surface area contributed by atoms with E-state index in [1.807, 2.05) is 57.2 Å². The van der Waals surface area contributed by atoms with Crippen LogP contribution in [0.1, 0.15) is 49.2 Å². The van der Waals surface area contributed by atoms with E-state index in [0.717, 1.165) is 5.56 Å². The fraction of sp³-hybridized carbons (Fsp3) is 0.391. The Hall–Kier alpha value is -2.50. The van der Waals surface area contributed by atoms with Gasteiger partial charge in [0.05, 0.1) is 5.60 Å². The van der Waals surface area contributed by atoms with Crippen molar-refractivity contribution < 1.29 is 19.4 Å². The largest absolute Gasteiger partial charge is 0.348 e. The molecule has 2 atom stereocenters. The molecule has 0 aliphatic carbocycles. The number of ketones is 1. The number of amides is 1. The Labute approximate surface area is 167 Å². The number of benzene rings is 2. The van der Waals surface area contributed by atoms with Crippen LogP contribution in [0.4, 0.5) is 0 Å². The van der Waals surface area contributed by atoms with E-state index in [1.54, 1.807) is 38.4 Å². The highest BCUT2D eigenvalue weighted by Crippen LogP contribution is 2.30. The summed E-state index contributed by atoms with van der Waals surface area (Å²) in [7, 11) is 3.30. The van der Waals surface area contributed by atoms with Crippen LogP contribution in [0.5, 0.6) is 0 Å². The molecule has 2 aromatic rings. The molecule has 0 bridgehead atoms. The minimum atomic E-state index is -0.869. The standard InChI is InChI=1S/C23H29NO4/c1-23(2,3)28-27-20(17-12-8-6-9-13-17)16-19(22(26)24(4)5)21(25)18-14-10-7-11-15-18/h6-15,19-20H,16H2,1-5H3. The molecule has 0 radical (unpaired) electrons. The van der Waals surface area contributed by atoms with Crippen LogP contribution in [0, 0.1) is 5.92 Å². The summed E-state index contributed by atoms with van der Waals surface area (Å²) < 4.78 is 0. The second kappa shape index (κ2) is 9.62. The highest BCUT2D eigenvalue weighted by atomic mass is 17.2. The number of carbonyl (C=O) groups is 2. The smallest absolute Gasteiger partial charge is 0.233 e. The van der Waals surface area contributed by atoms with Crippen LogP contribution in [0.15, 0.2) is 60.7 Å². The van der Waals surface area contributed by atoms with Crippen molar-refractivity contribution in [1.82, 2.24) is 4.90 Å². The molecule has 0 N–H and O–H groups in total. The second-order valence-electron chi connectivity index (χ2n) is 7.94. The van der Waals surface area contributed by atoms with Crippen molar-refractivity contribution in [1.29, 1.82) is 0 Å². The van der Waals surface area contributed by atoms with Gasteiger partial charge in [0, 0.05) is 19.7 Å². The van der Waals surface area contributed by atoms with E-state index in [2.05, 4.69) is 0 Å². The Morgan fingerprint density at radius 1 is 0.929 bits per heavy atom. The van der Waals surface area contributed by atoms with E-state index in [4.69, 9.17) is 9.78 Å². The van der Waals surface area contributed by atoms with Gasteiger partial charge in [0.2, 0.25) is 5.91 Å². The van der Waals surface area contributed by atoms with Crippen LogP contribution >= 0.6 is 0 Å². The first-order valence-corrected chi connectivity index (χ1v) is 9.39. The highest BCUT2D eigenvalue weighted by molar-refractivity contribution is 6.09. The predicted molar refractivity (Wildman–Crippen MR) is 109 cm³/mol. The average Bonchev–Trinajstić information content (AvgIpc) is 2.67. The van der Waals surface area contributed by atoms with Crippen LogP contribution in [0.3, 0.4) is 0 Å². The molecule has 2 unspecified atom stereocenters. The van der Waals surface area contributed by atoms with E-state index in [-0.39, 0.29) is 18.1 Å². The van der Waals surface area contributed by atoms with Gasteiger partial charge in [-0.05, 0) is 32.8 Å². The van der Waals surface area contributed by atoms with Crippen molar-refractivity contribution >= 4 is 11.7 Å². The van der Waals surface area contributed by atoms with Gasteiger partial charge < -0.3 is 4.90 Å². The first-order chi connectivity index (χ1) is 13.2. The molecule has 0 aliphatic heterocycles. The summed E-state index contributed by atoms with van der Waals surface area (Å²) in [6, 6.07) is 18.4. The Morgan fingerprint density at radius 2 is 1.46 bits per heavy atom. The van der Waals surface area contributed by atoms with Crippen molar-refractivity contribution in [3.05, 3.63) is 71.8 Å². The zero-order valence-corrected chi connectivity index (χ0v) is 17.2. The quantitative estimate of drug-likeness (QED) is 0.292. The lowest BCUT2D eigenvalue weighted by atomic mass is 9.89. The first-order valence-electron chi connectivity index (χ1n) is 9.39. The normalized spacial score (nSPS) is 13.6. The maximum absolute atomic E-state index is 13.1. The van der Waals surface area contributed by atoms with Crippen molar-refractivity contribution in [3.8, 4) is 0 Å². The maximum Gasteiger partial charge on any atom is 0.233 e. The van der Waals surface area contributed by atoms with Crippen LogP contribution in [0.2, 0.25) is 0 Å². The lowest BCUT2D eigenvalue weighted by Crippen LogP contribution is -2.36. The maximum atomic E-state index is 13.1. The van der Waals surface area contributed by atoms with E-state index in [1.165, 1.54) is 4.90 Å². The summed E-state index contributed by atoms with van der Waals surface area (Å²) >= 11 is 0. The molecule has 2 aromatic carbocycles. The summed E-state index contributed by atoms with van der Waals surface area (Å²) in [5.41, 5.74) is 0.841. The molecule has 0 aromatic heterocycles. The molecule has 5 nitrogen and oxygen atoms in total. The third kappa shape index (κ3) is 6.29. The zero-order valence-electron chi connectivity index (χ0n) is 17.2. The third-order valence-corrected chi connectivity index (χ3v) is 4.15. The lowest BCUT2D eigenvalue weighted by Gasteiger charge is -2.27. The summed E-state index contributed by atoms with van der Waals surface area (Å²) in [6.07, 6.45) is -0.368. The molecular weight excluding hydrogens is 354 g/mol. The number of Topliss-reactive ketones (excluding diaryl/α,β-unsaturated/α-hetero) is 1. The molecule has 1 amide bonds. The predicted octanol–water partition coefficient (Wildman–Crippen LogP) is 4.45. The van der Waals surface area contributed by atoms with Gasteiger partial charge in [0.25, 0.3) is 0 Å². The van der Waals surface area contributed by atoms with Gasteiger partial charge in [-0.25, -0.2) is 9.78 Å². The summed E-state index contributed by atoms with van der Waals surface area (Å²) in [5, 5.41) is 0. The number of carbonyl (C=O) groups excluding carboxylic acids is 2. The van der Waals surface area contributed by atoms with Crippen LogP contribution in [0.25, 0.3) is 0 Å². The highest BCUT2D eigenvalue weighted by Gasteiger charge is 2.33. The molecule has 0 spiro atoms. The molecule has 5 heteroatoms. The topological polar surface area (TPSA) is 55.8 Å². The van der Waals surface area contributed by atoms with Gasteiger partial charge in [0.15, 0.2) is 5.78 Å². The minimum absolute atomic E-state index is 0.185. The summed E-state index contributed by atoms with van der Waals surface area (Å²) in [4.78, 5) is 38.6. The Bertz CT molecular complexity index is 766. The average molecular weight is 383 g/mol. The van der Waals surface area contributed by atoms with Gasteiger partial charge >= 0.3 is 0 Å². The Morgan fingerprint density at radius 3 is 1.96 bits per heavy atom. The molecule has 0 fully saturated rings. The van der Waals surface area contributed by atoms with E-state index < -0.39 is 17.6 Å². The first kappa shape index (κ1) is 21.8. The number of hydrogen-bond acceptors (Lipinski definition) is 4. The Kier molecular flexibility index (Phi) is 7.49. The van der Waals surface area contributed by atoms with Gasteiger partial charge in [-0.3, -0.25) is 9.59 Å². The fourth-order valence-corrected chi connectivity index (χ4v) is 2.75. The molecule has 0 saturated carbocycles. The molecular formula is C23H29NO4. The summed E-state index contributed by atoms with van der Waals surface area (Å²) in [6.45, 7) is 5.64. The van der Waals surface area contributed by atoms with Crippen molar-refractivity contribution in [2.24, 2.45) is 5.92 Å². The fourth-order valence-electron chi connectivity index (χ4n) is 2.75. The van der Waals surface area contributed by atoms with Gasteiger partial charge in [-0.2, -0.15) is 0 Å². The molecule has 150 valence electrons. The number of rotatable bonds is 8. The molecule has 0 heterocycles.